The van der Waals surface area contributed by atoms with E-state index in [1.807, 2.05) is 53.4 Å². The van der Waals surface area contributed by atoms with Crippen molar-refractivity contribution in [1.82, 2.24) is 9.88 Å². The molecule has 0 atom stereocenters. The van der Waals surface area contributed by atoms with Crippen molar-refractivity contribution >= 4 is 11.7 Å². The first kappa shape index (κ1) is 18.0. The summed E-state index contributed by atoms with van der Waals surface area (Å²) in [5.41, 5.74) is 3.08. The van der Waals surface area contributed by atoms with Crippen LogP contribution in [0.4, 0.5) is 14.9 Å². The monoisotopic (exact) mass is 377 g/mol. The summed E-state index contributed by atoms with van der Waals surface area (Å²) in [6.45, 7) is 1.80. The number of rotatable bonds is 5. The minimum atomic E-state index is -0.364. The molecule has 0 N–H and O–H groups in total. The zero-order valence-corrected chi connectivity index (χ0v) is 15.5. The van der Waals surface area contributed by atoms with Gasteiger partial charge in [0.05, 0.1) is 13.3 Å². The Morgan fingerprint density at radius 2 is 1.93 bits per heavy atom. The van der Waals surface area contributed by atoms with Gasteiger partial charge in [0.2, 0.25) is 0 Å². The van der Waals surface area contributed by atoms with E-state index in [0.717, 1.165) is 22.6 Å². The van der Waals surface area contributed by atoms with E-state index >= 15 is 0 Å². The highest BCUT2D eigenvalue weighted by Crippen LogP contribution is 2.27. The summed E-state index contributed by atoms with van der Waals surface area (Å²) in [5.74, 6) is 0.414. The lowest BCUT2D eigenvalue weighted by Gasteiger charge is -2.19. The molecule has 2 heterocycles. The molecule has 0 spiro atoms. The third-order valence-corrected chi connectivity index (χ3v) is 4.86. The normalized spacial score (nSPS) is 13.9. The van der Waals surface area contributed by atoms with Crippen LogP contribution in [-0.4, -0.2) is 36.1 Å². The van der Waals surface area contributed by atoms with E-state index in [4.69, 9.17) is 4.74 Å². The molecule has 3 aromatic rings. The molecule has 5 nitrogen and oxygen atoms in total. The van der Waals surface area contributed by atoms with Crippen LogP contribution < -0.4 is 9.64 Å². The van der Waals surface area contributed by atoms with Gasteiger partial charge in [-0.2, -0.15) is 0 Å². The molecular formula is C22H20FN3O2. The van der Waals surface area contributed by atoms with Crippen LogP contribution in [0.3, 0.4) is 0 Å². The first-order valence-corrected chi connectivity index (χ1v) is 9.05. The summed E-state index contributed by atoms with van der Waals surface area (Å²) in [7, 11) is 1.63. The molecule has 142 valence electrons. The van der Waals surface area contributed by atoms with Crippen molar-refractivity contribution in [3.05, 3.63) is 78.4 Å². The van der Waals surface area contributed by atoms with Gasteiger partial charge in [-0.3, -0.25) is 9.88 Å². The fraction of sp³-hybridized carbons (Fsp3) is 0.182. The zero-order valence-electron chi connectivity index (χ0n) is 15.5. The van der Waals surface area contributed by atoms with Crippen molar-refractivity contribution < 1.29 is 13.9 Å². The number of amides is 2. The van der Waals surface area contributed by atoms with Crippen molar-refractivity contribution in [2.75, 3.05) is 25.1 Å². The summed E-state index contributed by atoms with van der Waals surface area (Å²) in [4.78, 5) is 20.2. The van der Waals surface area contributed by atoms with E-state index in [9.17, 15) is 9.18 Å². The van der Waals surface area contributed by atoms with Crippen LogP contribution in [0.2, 0.25) is 0 Å². The van der Waals surface area contributed by atoms with Crippen LogP contribution in [0.5, 0.6) is 5.75 Å². The van der Waals surface area contributed by atoms with Gasteiger partial charge in [-0.1, -0.05) is 24.3 Å². The Morgan fingerprint density at radius 3 is 2.68 bits per heavy atom. The zero-order chi connectivity index (χ0) is 19.5. The van der Waals surface area contributed by atoms with Crippen molar-refractivity contribution in [2.24, 2.45) is 0 Å². The van der Waals surface area contributed by atoms with E-state index in [1.54, 1.807) is 24.3 Å². The van der Waals surface area contributed by atoms with Crippen LogP contribution in [0, 0.1) is 5.82 Å². The van der Waals surface area contributed by atoms with Crippen LogP contribution in [0.25, 0.3) is 11.1 Å². The van der Waals surface area contributed by atoms with E-state index < -0.39 is 0 Å². The lowest BCUT2D eigenvalue weighted by Crippen LogP contribution is -2.31. The number of anilines is 1. The van der Waals surface area contributed by atoms with Crippen LogP contribution in [0.15, 0.2) is 67.0 Å². The lowest BCUT2D eigenvalue weighted by atomic mass is 10.1. The molecule has 1 fully saturated rings. The van der Waals surface area contributed by atoms with Crippen molar-refractivity contribution in [2.45, 2.75) is 6.54 Å². The van der Waals surface area contributed by atoms with Gasteiger partial charge in [-0.15, -0.1) is 0 Å². The third kappa shape index (κ3) is 3.53. The highest BCUT2D eigenvalue weighted by atomic mass is 19.1. The van der Waals surface area contributed by atoms with Gasteiger partial charge >= 0.3 is 6.03 Å². The molecule has 28 heavy (non-hydrogen) atoms. The number of nitrogens with zero attached hydrogens (tertiary/aromatic N) is 3. The molecule has 2 amide bonds. The van der Waals surface area contributed by atoms with E-state index in [2.05, 4.69) is 4.98 Å². The fourth-order valence-corrected chi connectivity index (χ4v) is 3.39. The summed E-state index contributed by atoms with van der Waals surface area (Å²) in [5, 5.41) is 0. The number of pyridine rings is 1. The topological polar surface area (TPSA) is 45.7 Å². The number of methoxy groups -OCH3 is 1. The molecule has 1 aromatic heterocycles. The number of urea groups is 1. The third-order valence-electron chi connectivity index (χ3n) is 4.86. The second-order valence-corrected chi connectivity index (χ2v) is 6.61. The Balaban J connectivity index is 1.48. The number of ether oxygens (including phenoxy) is 1. The van der Waals surface area contributed by atoms with E-state index in [0.29, 0.717) is 25.2 Å². The predicted molar refractivity (Wildman–Crippen MR) is 106 cm³/mol. The molecular weight excluding hydrogens is 357 g/mol. The second-order valence-electron chi connectivity index (χ2n) is 6.61. The maximum atomic E-state index is 13.9. The molecule has 4 rings (SSSR count). The molecule has 0 bridgehead atoms. The number of benzene rings is 2. The lowest BCUT2D eigenvalue weighted by molar-refractivity contribution is 0.218. The highest BCUT2D eigenvalue weighted by Gasteiger charge is 2.29. The number of carbonyl (C=O) groups excluding carboxylic acids is 1. The molecule has 1 saturated heterocycles. The van der Waals surface area contributed by atoms with Gasteiger partial charge in [-0.25, -0.2) is 9.18 Å². The molecule has 1 aliphatic heterocycles. The Hall–Kier alpha value is -3.41. The molecule has 2 aromatic carbocycles. The quantitative estimate of drug-likeness (QED) is 0.665. The van der Waals surface area contributed by atoms with Gasteiger partial charge in [-0.05, 0) is 41.5 Å². The fourth-order valence-electron chi connectivity index (χ4n) is 3.39. The Morgan fingerprint density at radius 1 is 1.11 bits per heavy atom. The van der Waals surface area contributed by atoms with Gasteiger partial charge in [0.1, 0.15) is 11.6 Å². The first-order chi connectivity index (χ1) is 13.7. The van der Waals surface area contributed by atoms with Crippen molar-refractivity contribution in [1.29, 1.82) is 0 Å². The van der Waals surface area contributed by atoms with Crippen molar-refractivity contribution in [3.8, 4) is 16.9 Å². The summed E-state index contributed by atoms with van der Waals surface area (Å²) >= 11 is 0. The Kier molecular flexibility index (Phi) is 4.93. The van der Waals surface area contributed by atoms with Crippen LogP contribution >= 0.6 is 0 Å². The predicted octanol–water partition coefficient (Wildman–Crippen LogP) is 4.34. The molecule has 0 saturated carbocycles. The van der Waals surface area contributed by atoms with Gasteiger partial charge in [0.25, 0.3) is 0 Å². The Bertz CT molecular complexity index is 991. The van der Waals surface area contributed by atoms with Crippen LogP contribution in [0.1, 0.15) is 5.56 Å². The number of hydrogen-bond donors (Lipinski definition) is 0. The van der Waals surface area contributed by atoms with Crippen molar-refractivity contribution in [3.63, 3.8) is 0 Å². The second kappa shape index (κ2) is 7.68. The average molecular weight is 377 g/mol. The molecule has 0 unspecified atom stereocenters. The van der Waals surface area contributed by atoms with Crippen LogP contribution in [-0.2, 0) is 6.54 Å². The number of hydrogen-bond acceptors (Lipinski definition) is 3. The minimum absolute atomic E-state index is 0.0364. The van der Waals surface area contributed by atoms with E-state index in [1.165, 1.54) is 6.20 Å². The molecule has 0 aliphatic carbocycles. The number of carbonyl (C=O) groups is 1. The molecule has 0 radical (unpaired) electrons. The largest absolute Gasteiger partial charge is 0.497 e. The smallest absolute Gasteiger partial charge is 0.324 e. The van der Waals surface area contributed by atoms with E-state index in [-0.39, 0.29) is 11.8 Å². The maximum absolute atomic E-state index is 13.9. The average Bonchev–Trinajstić information content (AvgIpc) is 3.09. The van der Waals surface area contributed by atoms with Gasteiger partial charge in [0, 0.05) is 37.1 Å². The standard InChI is InChI=1S/C22H20FN3O2/c1-28-19-4-2-3-16(13-19)15-25-11-12-26(22(25)27)18-7-5-17(6-8-18)20-9-10-24-14-21(20)23/h2-10,13-14H,11-12,15H2,1H3. The SMILES string of the molecule is COc1cccc(CN2CCN(c3ccc(-c4ccncc4F)cc3)C2=O)c1. The van der Waals surface area contributed by atoms with Gasteiger partial charge in [0.15, 0.2) is 0 Å². The number of halogens is 1. The minimum Gasteiger partial charge on any atom is -0.497 e. The number of aromatic nitrogens is 1. The summed E-state index contributed by atoms with van der Waals surface area (Å²) in [6, 6.07) is 16.7. The summed E-state index contributed by atoms with van der Waals surface area (Å²) < 4.78 is 19.2. The first-order valence-electron chi connectivity index (χ1n) is 9.05. The summed E-state index contributed by atoms with van der Waals surface area (Å²) in [6.07, 6.45) is 2.76. The van der Waals surface area contributed by atoms with Gasteiger partial charge < -0.3 is 9.64 Å². The maximum Gasteiger partial charge on any atom is 0.324 e. The highest BCUT2D eigenvalue weighted by molar-refractivity contribution is 5.94. The molecule has 6 heteroatoms. The Labute approximate surface area is 163 Å². The molecule has 1 aliphatic rings.